The molecule has 0 aliphatic rings. The van der Waals surface area contributed by atoms with Crippen LogP contribution in [0.2, 0.25) is 0 Å². The van der Waals surface area contributed by atoms with Crippen molar-refractivity contribution in [1.82, 2.24) is 24.7 Å². The molecule has 4 aromatic rings. The number of nitrogens with one attached hydrogen (secondary N) is 1. The van der Waals surface area contributed by atoms with Crippen LogP contribution in [0.25, 0.3) is 17.2 Å². The molecule has 0 saturated carbocycles. The van der Waals surface area contributed by atoms with Crippen molar-refractivity contribution < 1.29 is 4.79 Å². The van der Waals surface area contributed by atoms with Gasteiger partial charge >= 0.3 is 0 Å². The molecule has 9 heteroatoms. The monoisotopic (exact) mass is 422 g/mol. The Kier molecular flexibility index (Phi) is 5.97. The summed E-state index contributed by atoms with van der Waals surface area (Å²) >= 11 is 2.71. The lowest BCUT2D eigenvalue weighted by molar-refractivity contribution is -0.113. The summed E-state index contributed by atoms with van der Waals surface area (Å²) in [4.78, 5) is 20.7. The van der Waals surface area contributed by atoms with Crippen LogP contribution in [0.1, 0.15) is 12.5 Å². The van der Waals surface area contributed by atoms with Crippen LogP contribution in [-0.2, 0) is 11.2 Å². The third-order valence-corrected chi connectivity index (χ3v) is 5.76. The zero-order valence-electron chi connectivity index (χ0n) is 15.6. The highest BCUT2D eigenvalue weighted by molar-refractivity contribution is 7.99. The van der Waals surface area contributed by atoms with Crippen molar-refractivity contribution in [1.29, 1.82) is 0 Å². The molecule has 0 unspecified atom stereocenters. The molecule has 1 aromatic carbocycles. The summed E-state index contributed by atoms with van der Waals surface area (Å²) in [5.74, 6) is 0.699. The van der Waals surface area contributed by atoms with Gasteiger partial charge in [-0.05, 0) is 36.2 Å². The SMILES string of the molecule is CCc1ccc(-n2c(SCC(=O)Nc3nccs3)nnc2-c2ccccn2)cc1. The summed E-state index contributed by atoms with van der Waals surface area (Å²) < 4.78 is 1.93. The summed E-state index contributed by atoms with van der Waals surface area (Å²) in [6.45, 7) is 2.12. The molecule has 29 heavy (non-hydrogen) atoms. The number of rotatable bonds is 7. The van der Waals surface area contributed by atoms with E-state index in [4.69, 9.17) is 0 Å². The zero-order chi connectivity index (χ0) is 20.1. The summed E-state index contributed by atoms with van der Waals surface area (Å²) in [7, 11) is 0. The maximum absolute atomic E-state index is 12.3. The number of aromatic nitrogens is 5. The van der Waals surface area contributed by atoms with Crippen LogP contribution in [0.4, 0.5) is 5.13 Å². The molecule has 0 bridgehead atoms. The van der Waals surface area contributed by atoms with Crippen LogP contribution in [0, 0.1) is 0 Å². The number of carbonyl (C=O) groups excluding carboxylic acids is 1. The van der Waals surface area contributed by atoms with Gasteiger partial charge in [0.2, 0.25) is 5.91 Å². The van der Waals surface area contributed by atoms with E-state index in [1.54, 1.807) is 12.4 Å². The number of carbonyl (C=O) groups is 1. The lowest BCUT2D eigenvalue weighted by Gasteiger charge is -2.10. The van der Waals surface area contributed by atoms with Gasteiger partial charge in [0, 0.05) is 23.5 Å². The van der Waals surface area contributed by atoms with Crippen LogP contribution in [0.15, 0.2) is 65.4 Å². The topological polar surface area (TPSA) is 85.6 Å². The molecule has 0 fully saturated rings. The summed E-state index contributed by atoms with van der Waals surface area (Å²) in [5, 5.41) is 14.5. The number of anilines is 1. The van der Waals surface area contributed by atoms with Gasteiger partial charge < -0.3 is 5.32 Å². The lowest BCUT2D eigenvalue weighted by Crippen LogP contribution is -2.14. The van der Waals surface area contributed by atoms with Crippen molar-refractivity contribution in [2.75, 3.05) is 11.1 Å². The second-order valence-corrected chi connectivity index (χ2v) is 7.89. The molecule has 3 aromatic heterocycles. The first-order valence-corrected chi connectivity index (χ1v) is 10.9. The van der Waals surface area contributed by atoms with Crippen molar-refractivity contribution in [3.05, 3.63) is 65.8 Å². The van der Waals surface area contributed by atoms with E-state index >= 15 is 0 Å². The molecule has 1 amide bonds. The highest BCUT2D eigenvalue weighted by Crippen LogP contribution is 2.27. The second kappa shape index (κ2) is 8.97. The normalized spacial score (nSPS) is 10.8. The second-order valence-electron chi connectivity index (χ2n) is 6.05. The maximum Gasteiger partial charge on any atom is 0.236 e. The Hall–Kier alpha value is -3.04. The molecule has 146 valence electrons. The number of benzene rings is 1. The zero-order valence-corrected chi connectivity index (χ0v) is 17.3. The molecule has 7 nitrogen and oxygen atoms in total. The summed E-state index contributed by atoms with van der Waals surface area (Å²) in [5.41, 5.74) is 2.90. The Balaban J connectivity index is 1.62. The molecule has 3 heterocycles. The molecule has 0 spiro atoms. The molecule has 0 radical (unpaired) electrons. The highest BCUT2D eigenvalue weighted by atomic mass is 32.2. The molecule has 1 N–H and O–H groups in total. The van der Waals surface area contributed by atoms with E-state index in [2.05, 4.69) is 44.5 Å². The highest BCUT2D eigenvalue weighted by Gasteiger charge is 2.18. The Labute approximate surface area is 176 Å². The number of hydrogen-bond acceptors (Lipinski definition) is 7. The summed E-state index contributed by atoms with van der Waals surface area (Å²) in [6, 6.07) is 13.9. The number of thioether (sulfide) groups is 1. The number of hydrogen-bond donors (Lipinski definition) is 1. The van der Waals surface area contributed by atoms with Gasteiger partial charge in [0.1, 0.15) is 5.69 Å². The van der Waals surface area contributed by atoms with E-state index < -0.39 is 0 Å². The number of thiazole rings is 1. The molecule has 0 aliphatic heterocycles. The number of aryl methyl sites for hydroxylation is 1. The van der Waals surface area contributed by atoms with Crippen molar-refractivity contribution >= 4 is 34.1 Å². The van der Waals surface area contributed by atoms with Gasteiger partial charge in [-0.25, -0.2) is 4.98 Å². The fourth-order valence-corrected chi connectivity index (χ4v) is 4.01. The van der Waals surface area contributed by atoms with Gasteiger partial charge in [0.25, 0.3) is 0 Å². The largest absolute Gasteiger partial charge is 0.301 e. The molecule has 0 atom stereocenters. The van der Waals surface area contributed by atoms with E-state index in [0.717, 1.165) is 17.8 Å². The Morgan fingerprint density at radius 2 is 1.97 bits per heavy atom. The van der Waals surface area contributed by atoms with Crippen molar-refractivity contribution in [2.45, 2.75) is 18.5 Å². The predicted molar refractivity (Wildman–Crippen MR) is 115 cm³/mol. The van der Waals surface area contributed by atoms with Crippen LogP contribution in [0.5, 0.6) is 0 Å². The molecule has 0 saturated heterocycles. The standard InChI is InChI=1S/C20H18N6OS2/c1-2-14-6-8-15(9-7-14)26-18(16-5-3-4-10-21-16)24-25-20(26)29-13-17(27)23-19-22-11-12-28-19/h3-12H,2,13H2,1H3,(H,22,23,27). The molecule has 0 aliphatic carbocycles. The van der Waals surface area contributed by atoms with E-state index in [9.17, 15) is 4.79 Å². The van der Waals surface area contributed by atoms with E-state index in [0.29, 0.717) is 16.1 Å². The van der Waals surface area contributed by atoms with Gasteiger partial charge in [-0.3, -0.25) is 14.3 Å². The minimum absolute atomic E-state index is 0.139. The minimum atomic E-state index is -0.139. The minimum Gasteiger partial charge on any atom is -0.301 e. The Morgan fingerprint density at radius 1 is 1.10 bits per heavy atom. The third kappa shape index (κ3) is 4.52. The average Bonchev–Trinajstić information content (AvgIpc) is 3.43. The van der Waals surface area contributed by atoms with Crippen molar-refractivity contribution in [3.8, 4) is 17.2 Å². The average molecular weight is 423 g/mol. The Morgan fingerprint density at radius 3 is 2.66 bits per heavy atom. The van der Waals surface area contributed by atoms with Crippen LogP contribution >= 0.6 is 23.1 Å². The fraction of sp³-hybridized carbons (Fsp3) is 0.150. The lowest BCUT2D eigenvalue weighted by atomic mass is 10.1. The van der Waals surface area contributed by atoms with E-state index in [1.165, 1.54) is 28.7 Å². The molecular formula is C20H18N6OS2. The number of amides is 1. The van der Waals surface area contributed by atoms with E-state index in [1.807, 2.05) is 40.3 Å². The first kappa shape index (κ1) is 19.3. The number of nitrogens with zero attached hydrogens (tertiary/aromatic N) is 5. The van der Waals surface area contributed by atoms with Gasteiger partial charge in [-0.15, -0.1) is 21.5 Å². The predicted octanol–water partition coefficient (Wildman–Crippen LogP) is 4.08. The van der Waals surface area contributed by atoms with Crippen molar-refractivity contribution in [3.63, 3.8) is 0 Å². The van der Waals surface area contributed by atoms with Gasteiger partial charge in [0.05, 0.1) is 5.75 Å². The third-order valence-electron chi connectivity index (χ3n) is 4.14. The fourth-order valence-electron chi connectivity index (χ4n) is 2.71. The first-order valence-electron chi connectivity index (χ1n) is 9.03. The van der Waals surface area contributed by atoms with Gasteiger partial charge in [-0.1, -0.05) is 36.9 Å². The van der Waals surface area contributed by atoms with Crippen LogP contribution < -0.4 is 5.32 Å². The molecule has 4 rings (SSSR count). The van der Waals surface area contributed by atoms with Crippen molar-refractivity contribution in [2.24, 2.45) is 0 Å². The van der Waals surface area contributed by atoms with Gasteiger partial charge in [-0.2, -0.15) is 0 Å². The Bertz CT molecular complexity index is 1080. The molecular weight excluding hydrogens is 404 g/mol. The first-order chi connectivity index (χ1) is 14.2. The van der Waals surface area contributed by atoms with Crippen LogP contribution in [0.3, 0.4) is 0 Å². The van der Waals surface area contributed by atoms with Gasteiger partial charge in [0.15, 0.2) is 16.1 Å². The summed E-state index contributed by atoms with van der Waals surface area (Å²) in [6.07, 6.45) is 4.35. The quantitative estimate of drug-likeness (QED) is 0.452. The maximum atomic E-state index is 12.3. The number of pyridine rings is 1. The van der Waals surface area contributed by atoms with Crippen LogP contribution in [-0.4, -0.2) is 36.4 Å². The van der Waals surface area contributed by atoms with E-state index in [-0.39, 0.29) is 11.7 Å². The smallest absolute Gasteiger partial charge is 0.236 e.